The minimum Gasteiger partial charge on any atom is -0.348 e. The molecule has 1 aliphatic carbocycles. The number of aromatic nitrogens is 2. The van der Waals surface area contributed by atoms with Gasteiger partial charge in [-0.05, 0) is 42.5 Å². The fourth-order valence-corrected chi connectivity index (χ4v) is 3.69. The summed E-state index contributed by atoms with van der Waals surface area (Å²) in [6.45, 7) is 0.197. The van der Waals surface area contributed by atoms with Crippen molar-refractivity contribution in [3.63, 3.8) is 0 Å². The van der Waals surface area contributed by atoms with Gasteiger partial charge in [0.2, 0.25) is 5.91 Å². The molecule has 4 rings (SSSR count). The molecule has 0 saturated heterocycles. The quantitative estimate of drug-likeness (QED) is 0.787. The van der Waals surface area contributed by atoms with Crippen LogP contribution in [0.1, 0.15) is 30.0 Å². The van der Waals surface area contributed by atoms with Gasteiger partial charge in [-0.3, -0.25) is 9.48 Å². The Labute approximate surface area is 145 Å². The number of carbonyl (C=O) groups excluding carboxylic acids is 1. The first-order chi connectivity index (χ1) is 11.7. The van der Waals surface area contributed by atoms with Crippen molar-refractivity contribution in [1.29, 1.82) is 0 Å². The van der Waals surface area contributed by atoms with Crippen LogP contribution in [0.3, 0.4) is 0 Å². The lowest BCUT2D eigenvalue weighted by Crippen LogP contribution is -2.33. The molecule has 0 spiro atoms. The van der Waals surface area contributed by atoms with Crippen LogP contribution in [0.4, 0.5) is 0 Å². The van der Waals surface area contributed by atoms with E-state index in [2.05, 4.69) is 28.6 Å². The summed E-state index contributed by atoms with van der Waals surface area (Å²) in [5.74, 6) is -0.0262. The third-order valence-electron chi connectivity index (χ3n) is 4.63. The lowest BCUT2D eigenvalue weighted by atomic mass is 9.88. The molecule has 4 nitrogen and oxygen atoms in total. The monoisotopic (exact) mass is 339 g/mol. The Morgan fingerprint density at radius 2 is 2.12 bits per heavy atom. The van der Waals surface area contributed by atoms with Gasteiger partial charge in [0.1, 0.15) is 6.54 Å². The van der Waals surface area contributed by atoms with Crippen LogP contribution in [-0.2, 0) is 17.8 Å². The van der Waals surface area contributed by atoms with Gasteiger partial charge in [0.25, 0.3) is 0 Å². The molecule has 1 heterocycles. The number of rotatable bonds is 3. The SMILES string of the molecule is O=C(Cn1ncc2c(Cl)cccc21)NC1CCCc2ccccc21. The molecular formula is C19H18ClN3O. The minimum absolute atomic E-state index is 0.0262. The van der Waals surface area contributed by atoms with E-state index in [4.69, 9.17) is 11.6 Å². The van der Waals surface area contributed by atoms with E-state index in [0.29, 0.717) is 5.02 Å². The third-order valence-corrected chi connectivity index (χ3v) is 4.96. The third kappa shape index (κ3) is 2.78. The van der Waals surface area contributed by atoms with E-state index in [9.17, 15) is 4.79 Å². The second kappa shape index (κ2) is 6.29. The van der Waals surface area contributed by atoms with Gasteiger partial charge in [0, 0.05) is 5.39 Å². The van der Waals surface area contributed by atoms with Gasteiger partial charge in [-0.2, -0.15) is 5.10 Å². The highest BCUT2D eigenvalue weighted by molar-refractivity contribution is 6.35. The molecule has 0 bridgehead atoms. The van der Waals surface area contributed by atoms with E-state index in [0.717, 1.165) is 30.2 Å². The second-order valence-electron chi connectivity index (χ2n) is 6.19. The van der Waals surface area contributed by atoms with Crippen molar-refractivity contribution >= 4 is 28.4 Å². The Morgan fingerprint density at radius 1 is 1.25 bits per heavy atom. The lowest BCUT2D eigenvalue weighted by molar-refractivity contribution is -0.122. The Kier molecular flexibility index (Phi) is 3.98. The molecular weight excluding hydrogens is 322 g/mol. The largest absolute Gasteiger partial charge is 0.348 e. The van der Waals surface area contributed by atoms with Crippen LogP contribution in [-0.4, -0.2) is 15.7 Å². The number of amides is 1. The van der Waals surface area contributed by atoms with Gasteiger partial charge >= 0.3 is 0 Å². The van der Waals surface area contributed by atoms with Crippen molar-refractivity contribution in [3.8, 4) is 0 Å². The second-order valence-corrected chi connectivity index (χ2v) is 6.59. The van der Waals surface area contributed by atoms with Crippen LogP contribution in [0.15, 0.2) is 48.7 Å². The Morgan fingerprint density at radius 3 is 3.04 bits per heavy atom. The number of benzene rings is 2. The maximum Gasteiger partial charge on any atom is 0.242 e. The molecule has 0 fully saturated rings. The number of nitrogens with one attached hydrogen (secondary N) is 1. The normalized spacial score (nSPS) is 16.8. The highest BCUT2D eigenvalue weighted by Gasteiger charge is 2.21. The summed E-state index contributed by atoms with van der Waals surface area (Å²) >= 11 is 6.16. The zero-order valence-corrected chi connectivity index (χ0v) is 14.0. The van der Waals surface area contributed by atoms with Crippen LogP contribution < -0.4 is 5.32 Å². The van der Waals surface area contributed by atoms with Crippen molar-refractivity contribution < 1.29 is 4.79 Å². The van der Waals surface area contributed by atoms with E-state index in [1.807, 2.05) is 24.3 Å². The molecule has 1 aromatic heterocycles. The first-order valence-corrected chi connectivity index (χ1v) is 8.57. The van der Waals surface area contributed by atoms with Crippen molar-refractivity contribution in [2.45, 2.75) is 31.8 Å². The summed E-state index contributed by atoms with van der Waals surface area (Å²) in [6, 6.07) is 14.1. The summed E-state index contributed by atoms with van der Waals surface area (Å²) in [5.41, 5.74) is 3.46. The van der Waals surface area contributed by atoms with Crippen molar-refractivity contribution in [2.24, 2.45) is 0 Å². The molecule has 3 aromatic rings. The van der Waals surface area contributed by atoms with Gasteiger partial charge < -0.3 is 5.32 Å². The minimum atomic E-state index is -0.0262. The van der Waals surface area contributed by atoms with Gasteiger partial charge in [0.15, 0.2) is 0 Å². The van der Waals surface area contributed by atoms with Crippen molar-refractivity contribution in [2.75, 3.05) is 0 Å². The molecule has 5 heteroatoms. The maximum absolute atomic E-state index is 12.5. The molecule has 1 N–H and O–H groups in total. The summed E-state index contributed by atoms with van der Waals surface area (Å²) in [5, 5.41) is 8.99. The number of halogens is 1. The molecule has 1 unspecified atom stereocenters. The van der Waals surface area contributed by atoms with Crippen molar-refractivity contribution in [3.05, 3.63) is 64.8 Å². The number of nitrogens with zero attached hydrogens (tertiary/aromatic N) is 2. The molecule has 0 aliphatic heterocycles. The molecule has 122 valence electrons. The number of hydrogen-bond donors (Lipinski definition) is 1. The zero-order valence-electron chi connectivity index (χ0n) is 13.2. The van der Waals surface area contributed by atoms with E-state index in [-0.39, 0.29) is 18.5 Å². The molecule has 1 aliphatic rings. The Bertz CT molecular complexity index is 903. The fourth-order valence-electron chi connectivity index (χ4n) is 3.47. The summed E-state index contributed by atoms with van der Waals surface area (Å²) in [4.78, 5) is 12.5. The highest BCUT2D eigenvalue weighted by Crippen LogP contribution is 2.29. The number of hydrogen-bond acceptors (Lipinski definition) is 2. The smallest absolute Gasteiger partial charge is 0.242 e. The topological polar surface area (TPSA) is 46.9 Å². The predicted octanol–water partition coefficient (Wildman–Crippen LogP) is 3.88. The molecule has 2 aromatic carbocycles. The van der Waals surface area contributed by atoms with Crippen LogP contribution in [0, 0.1) is 0 Å². The molecule has 0 saturated carbocycles. The molecule has 1 atom stereocenters. The van der Waals surface area contributed by atoms with E-state index >= 15 is 0 Å². The lowest BCUT2D eigenvalue weighted by Gasteiger charge is -2.26. The summed E-state index contributed by atoms with van der Waals surface area (Å²) < 4.78 is 1.70. The molecule has 24 heavy (non-hydrogen) atoms. The first-order valence-electron chi connectivity index (χ1n) is 8.19. The fraction of sp³-hybridized carbons (Fsp3) is 0.263. The maximum atomic E-state index is 12.5. The van der Waals surface area contributed by atoms with Gasteiger partial charge in [0.05, 0.1) is 22.8 Å². The van der Waals surface area contributed by atoms with Gasteiger partial charge in [-0.15, -0.1) is 0 Å². The molecule has 0 radical (unpaired) electrons. The summed E-state index contributed by atoms with van der Waals surface area (Å²) in [7, 11) is 0. The van der Waals surface area contributed by atoms with Crippen LogP contribution in [0.5, 0.6) is 0 Å². The average molecular weight is 340 g/mol. The molecule has 1 amide bonds. The van der Waals surface area contributed by atoms with Gasteiger partial charge in [-0.25, -0.2) is 0 Å². The van der Waals surface area contributed by atoms with Crippen molar-refractivity contribution in [1.82, 2.24) is 15.1 Å². The number of fused-ring (bicyclic) bond motifs is 2. The number of aryl methyl sites for hydroxylation is 1. The van der Waals surface area contributed by atoms with E-state index < -0.39 is 0 Å². The average Bonchev–Trinajstić information content (AvgIpc) is 2.99. The van der Waals surface area contributed by atoms with Crippen LogP contribution in [0.2, 0.25) is 5.02 Å². The van der Waals surface area contributed by atoms with E-state index in [1.165, 1.54) is 11.1 Å². The van der Waals surface area contributed by atoms with E-state index in [1.54, 1.807) is 10.9 Å². The predicted molar refractivity (Wildman–Crippen MR) is 95.0 cm³/mol. The first kappa shape index (κ1) is 15.2. The highest BCUT2D eigenvalue weighted by atomic mass is 35.5. The van der Waals surface area contributed by atoms with Crippen LogP contribution in [0.25, 0.3) is 10.9 Å². The standard InChI is InChI=1S/C19H18ClN3O/c20-16-8-4-10-18-15(16)11-21-23(18)12-19(24)22-17-9-3-6-13-5-1-2-7-14(13)17/h1-2,4-5,7-8,10-11,17H,3,6,9,12H2,(H,22,24). The summed E-state index contributed by atoms with van der Waals surface area (Å²) in [6.07, 6.45) is 4.88. The number of carbonyl (C=O) groups is 1. The Hall–Kier alpha value is -2.33. The zero-order chi connectivity index (χ0) is 16.5. The van der Waals surface area contributed by atoms with Crippen LogP contribution >= 0.6 is 11.6 Å². The Balaban J connectivity index is 1.52. The van der Waals surface area contributed by atoms with Gasteiger partial charge in [-0.1, -0.05) is 41.9 Å².